The summed E-state index contributed by atoms with van der Waals surface area (Å²) in [6.45, 7) is 1.24. The molecule has 7 heteroatoms. The molecule has 122 valence electrons. The molecule has 1 aromatic heterocycles. The maximum atomic E-state index is 12.4. The Labute approximate surface area is 131 Å². The minimum Gasteiger partial charge on any atom is -0.341 e. The maximum absolute atomic E-state index is 12.4. The van der Waals surface area contributed by atoms with Gasteiger partial charge in [0.15, 0.2) is 9.84 Å². The van der Waals surface area contributed by atoms with Crippen molar-refractivity contribution in [1.29, 1.82) is 0 Å². The summed E-state index contributed by atoms with van der Waals surface area (Å²) in [5, 5.41) is 6.61. The number of likely N-dealkylation sites (tertiary alicyclic amines) is 1. The molecule has 0 radical (unpaired) electrons. The molecule has 2 heterocycles. The van der Waals surface area contributed by atoms with E-state index in [0.29, 0.717) is 25.9 Å². The fraction of sp³-hybridized carbons (Fsp3) is 0.733. The predicted molar refractivity (Wildman–Crippen MR) is 83.2 cm³/mol. The molecule has 1 atom stereocenters. The summed E-state index contributed by atoms with van der Waals surface area (Å²) < 4.78 is 24.7. The van der Waals surface area contributed by atoms with Crippen LogP contribution in [0.15, 0.2) is 12.3 Å². The minimum atomic E-state index is -3.29. The maximum Gasteiger partial charge on any atom is 0.237 e. The lowest BCUT2D eigenvalue weighted by molar-refractivity contribution is -0.129. The summed E-state index contributed by atoms with van der Waals surface area (Å²) in [5.74, 6) is -0.335. The van der Waals surface area contributed by atoms with Gasteiger partial charge in [-0.15, -0.1) is 0 Å². The van der Waals surface area contributed by atoms with Crippen molar-refractivity contribution in [2.24, 2.45) is 0 Å². The number of aromatic amines is 1. The standard InChI is InChI=1S/C15H23N3O3S/c19-15(11-22(20,21)13-5-1-2-6-13)18-9-3-4-12(10-18)14-7-8-16-17-14/h7-8,12-13H,1-6,9-11H2,(H,16,17)/t12-/m0/s1. The van der Waals surface area contributed by atoms with E-state index in [1.165, 1.54) is 0 Å². The molecule has 0 unspecified atom stereocenters. The van der Waals surface area contributed by atoms with Gasteiger partial charge in [0.25, 0.3) is 0 Å². The Hall–Kier alpha value is -1.37. The average Bonchev–Trinajstić information content (AvgIpc) is 3.20. The highest BCUT2D eigenvalue weighted by Gasteiger charge is 2.33. The fourth-order valence-electron chi connectivity index (χ4n) is 3.58. The predicted octanol–water partition coefficient (Wildman–Crippen LogP) is 1.47. The number of amides is 1. The van der Waals surface area contributed by atoms with Crippen molar-refractivity contribution in [3.63, 3.8) is 0 Å². The molecule has 6 nitrogen and oxygen atoms in total. The van der Waals surface area contributed by atoms with E-state index in [4.69, 9.17) is 0 Å². The van der Waals surface area contributed by atoms with E-state index in [9.17, 15) is 13.2 Å². The van der Waals surface area contributed by atoms with Gasteiger partial charge in [-0.1, -0.05) is 12.8 Å². The number of nitrogens with one attached hydrogen (secondary N) is 1. The number of carbonyl (C=O) groups excluding carboxylic acids is 1. The second-order valence-corrected chi connectivity index (χ2v) is 8.69. The summed E-state index contributed by atoms with van der Waals surface area (Å²) in [7, 11) is -3.29. The van der Waals surface area contributed by atoms with Gasteiger partial charge in [0.2, 0.25) is 5.91 Å². The van der Waals surface area contributed by atoms with Crippen LogP contribution in [0.2, 0.25) is 0 Å². The molecule has 22 heavy (non-hydrogen) atoms. The summed E-state index contributed by atoms with van der Waals surface area (Å²) >= 11 is 0. The molecule has 1 aliphatic heterocycles. The lowest BCUT2D eigenvalue weighted by Crippen LogP contribution is -2.43. The van der Waals surface area contributed by atoms with Crippen LogP contribution in [-0.4, -0.2) is 53.5 Å². The molecule has 0 spiro atoms. The van der Waals surface area contributed by atoms with E-state index in [-0.39, 0.29) is 22.8 Å². The van der Waals surface area contributed by atoms with Crippen LogP contribution in [0.4, 0.5) is 0 Å². The van der Waals surface area contributed by atoms with E-state index in [1.807, 2.05) is 6.07 Å². The Bertz CT molecular complexity index is 606. The van der Waals surface area contributed by atoms with Crippen molar-refractivity contribution < 1.29 is 13.2 Å². The quantitative estimate of drug-likeness (QED) is 0.909. The first-order valence-corrected chi connectivity index (χ1v) is 9.76. The second-order valence-electron chi connectivity index (χ2n) is 6.40. The minimum absolute atomic E-state index is 0.231. The first-order chi connectivity index (χ1) is 10.6. The van der Waals surface area contributed by atoms with Crippen molar-refractivity contribution in [3.05, 3.63) is 18.0 Å². The lowest BCUT2D eigenvalue weighted by atomic mass is 9.95. The van der Waals surface area contributed by atoms with E-state index < -0.39 is 9.84 Å². The third-order valence-electron chi connectivity index (χ3n) is 4.87. The van der Waals surface area contributed by atoms with Gasteiger partial charge in [-0.2, -0.15) is 5.10 Å². The van der Waals surface area contributed by atoms with Gasteiger partial charge in [-0.3, -0.25) is 9.89 Å². The smallest absolute Gasteiger partial charge is 0.237 e. The molecule has 3 rings (SSSR count). The van der Waals surface area contributed by atoms with Crippen LogP contribution < -0.4 is 0 Å². The number of carbonyl (C=O) groups is 1. The number of rotatable bonds is 4. The van der Waals surface area contributed by atoms with E-state index in [0.717, 1.165) is 31.4 Å². The number of nitrogens with zero attached hydrogens (tertiary/aromatic N) is 2. The third kappa shape index (κ3) is 3.34. The van der Waals surface area contributed by atoms with Crippen molar-refractivity contribution in [3.8, 4) is 0 Å². The number of piperidine rings is 1. The first-order valence-electron chi connectivity index (χ1n) is 8.05. The number of aromatic nitrogens is 2. The molecule has 1 N–H and O–H groups in total. The van der Waals surface area contributed by atoms with Crippen LogP contribution in [0.3, 0.4) is 0 Å². The molecule has 1 aliphatic carbocycles. The highest BCUT2D eigenvalue weighted by molar-refractivity contribution is 7.92. The third-order valence-corrected chi connectivity index (χ3v) is 7.01. The summed E-state index contributed by atoms with van der Waals surface area (Å²) in [4.78, 5) is 14.1. The van der Waals surface area contributed by atoms with Crippen LogP contribution >= 0.6 is 0 Å². The Balaban J connectivity index is 1.62. The van der Waals surface area contributed by atoms with Gasteiger partial charge in [-0.05, 0) is 31.7 Å². The van der Waals surface area contributed by atoms with Gasteiger partial charge in [0, 0.05) is 30.9 Å². The normalized spacial score (nSPS) is 23.8. The van der Waals surface area contributed by atoms with Crippen LogP contribution in [0.25, 0.3) is 0 Å². The SMILES string of the molecule is O=C(CS(=O)(=O)C1CCCC1)N1CCC[C@H](c2ccn[nH]2)C1. The van der Waals surface area contributed by atoms with E-state index >= 15 is 0 Å². The lowest BCUT2D eigenvalue weighted by Gasteiger charge is -2.32. The van der Waals surface area contributed by atoms with Gasteiger partial charge in [0.1, 0.15) is 5.75 Å². The van der Waals surface area contributed by atoms with Gasteiger partial charge < -0.3 is 4.90 Å². The molecule has 1 aromatic rings. The zero-order valence-corrected chi connectivity index (χ0v) is 13.5. The van der Waals surface area contributed by atoms with Crippen LogP contribution in [-0.2, 0) is 14.6 Å². The van der Waals surface area contributed by atoms with Crippen molar-refractivity contribution >= 4 is 15.7 Å². The van der Waals surface area contributed by atoms with Gasteiger partial charge in [-0.25, -0.2) is 8.42 Å². The number of hydrogen-bond donors (Lipinski definition) is 1. The average molecular weight is 325 g/mol. The second kappa shape index (κ2) is 6.40. The Morgan fingerprint density at radius 2 is 2.05 bits per heavy atom. The highest BCUT2D eigenvalue weighted by Crippen LogP contribution is 2.27. The molecule has 0 aromatic carbocycles. The Kier molecular flexibility index (Phi) is 4.52. The molecule has 2 aliphatic rings. The van der Waals surface area contributed by atoms with E-state index in [2.05, 4.69) is 10.2 Å². The molecule has 0 bridgehead atoms. The van der Waals surface area contributed by atoms with Crippen LogP contribution in [0.1, 0.15) is 50.1 Å². The molecule has 2 fully saturated rings. The Morgan fingerprint density at radius 1 is 1.27 bits per heavy atom. The van der Waals surface area contributed by atoms with Crippen molar-refractivity contribution in [2.45, 2.75) is 49.7 Å². The zero-order valence-electron chi connectivity index (χ0n) is 12.7. The van der Waals surface area contributed by atoms with Crippen LogP contribution in [0.5, 0.6) is 0 Å². The monoisotopic (exact) mass is 325 g/mol. The van der Waals surface area contributed by atoms with Gasteiger partial charge in [0.05, 0.1) is 5.25 Å². The van der Waals surface area contributed by atoms with Crippen LogP contribution in [0, 0.1) is 0 Å². The number of hydrogen-bond acceptors (Lipinski definition) is 4. The summed E-state index contributed by atoms with van der Waals surface area (Å²) in [5.41, 5.74) is 1.02. The van der Waals surface area contributed by atoms with E-state index in [1.54, 1.807) is 11.1 Å². The molecule has 1 saturated heterocycles. The highest BCUT2D eigenvalue weighted by atomic mass is 32.2. The largest absolute Gasteiger partial charge is 0.341 e. The summed E-state index contributed by atoms with van der Waals surface area (Å²) in [6, 6.07) is 1.92. The molecular formula is C15H23N3O3S. The molecule has 1 amide bonds. The Morgan fingerprint density at radius 3 is 2.73 bits per heavy atom. The van der Waals surface area contributed by atoms with Crippen molar-refractivity contribution in [1.82, 2.24) is 15.1 Å². The van der Waals surface area contributed by atoms with Crippen molar-refractivity contribution in [2.75, 3.05) is 18.8 Å². The molecular weight excluding hydrogens is 302 g/mol. The number of sulfone groups is 1. The zero-order chi connectivity index (χ0) is 15.6. The fourth-order valence-corrected chi connectivity index (χ4v) is 5.39. The molecule has 1 saturated carbocycles. The number of H-pyrrole nitrogens is 1. The summed E-state index contributed by atoms with van der Waals surface area (Å²) in [6.07, 6.45) is 6.97. The topological polar surface area (TPSA) is 83.1 Å². The first kappa shape index (κ1) is 15.5. The van der Waals surface area contributed by atoms with Gasteiger partial charge >= 0.3 is 0 Å².